The van der Waals surface area contributed by atoms with Gasteiger partial charge in [0.2, 0.25) is 0 Å². The molecule has 0 aliphatic rings. The number of hydrogen-bond donors (Lipinski definition) is 0. The van der Waals surface area contributed by atoms with Crippen molar-refractivity contribution in [2.45, 2.75) is 53.4 Å². The normalized spacial score (nSPS) is 13.2. The average Bonchev–Trinajstić information content (AvgIpc) is 2.09. The van der Waals surface area contributed by atoms with Gasteiger partial charge >= 0.3 is 0 Å². The highest BCUT2D eigenvalue weighted by Gasteiger charge is 2.02. The number of hydrogen-bond acceptors (Lipinski definition) is 0. The summed E-state index contributed by atoms with van der Waals surface area (Å²) in [4.78, 5) is 0. The highest BCUT2D eigenvalue weighted by Crippen LogP contribution is 2.17. The van der Waals surface area contributed by atoms with Crippen LogP contribution in [0.2, 0.25) is 0 Å². The summed E-state index contributed by atoms with van der Waals surface area (Å²) in [7, 11) is 0. The van der Waals surface area contributed by atoms with Gasteiger partial charge in [-0.25, -0.2) is 0 Å². The summed E-state index contributed by atoms with van der Waals surface area (Å²) in [6.07, 6.45) is 12.0. The molecule has 0 amide bonds. The molecule has 1 unspecified atom stereocenters. The second kappa shape index (κ2) is 8.10. The maximum Gasteiger partial charge on any atom is -0.0317 e. The van der Waals surface area contributed by atoms with Gasteiger partial charge in [0.05, 0.1) is 0 Å². The maximum absolute atomic E-state index is 2.36. The molecule has 13 heavy (non-hydrogen) atoms. The van der Waals surface area contributed by atoms with Gasteiger partial charge in [0.1, 0.15) is 0 Å². The zero-order valence-corrected chi connectivity index (χ0v) is 9.64. The molecular weight excluding hydrogens is 156 g/mol. The molecule has 0 heteroatoms. The Morgan fingerprint density at radius 1 is 1.23 bits per heavy atom. The summed E-state index contributed by atoms with van der Waals surface area (Å²) in [6, 6.07) is 0. The molecule has 0 aromatic rings. The van der Waals surface area contributed by atoms with Gasteiger partial charge in [0.25, 0.3) is 0 Å². The van der Waals surface area contributed by atoms with E-state index in [9.17, 15) is 0 Å². The zero-order chi connectivity index (χ0) is 10.1. The van der Waals surface area contributed by atoms with Crippen LogP contribution in [-0.4, -0.2) is 0 Å². The summed E-state index contributed by atoms with van der Waals surface area (Å²) in [5, 5.41) is 0. The second-order valence-electron chi connectivity index (χ2n) is 3.98. The molecule has 0 saturated carbocycles. The molecule has 0 aromatic heterocycles. The Hall–Kier alpha value is -0.520. The SMILES string of the molecule is CC=CCC(CC=C(C)C)CCC. The van der Waals surface area contributed by atoms with Gasteiger partial charge in [-0.15, -0.1) is 0 Å². The van der Waals surface area contributed by atoms with E-state index in [-0.39, 0.29) is 0 Å². The molecule has 0 saturated heterocycles. The lowest BCUT2D eigenvalue weighted by Gasteiger charge is -2.11. The van der Waals surface area contributed by atoms with Gasteiger partial charge in [-0.05, 0) is 39.5 Å². The van der Waals surface area contributed by atoms with E-state index in [0.717, 1.165) is 5.92 Å². The van der Waals surface area contributed by atoms with Crippen LogP contribution in [0.4, 0.5) is 0 Å². The summed E-state index contributed by atoms with van der Waals surface area (Å²) in [5.74, 6) is 0.857. The van der Waals surface area contributed by atoms with Crippen molar-refractivity contribution < 1.29 is 0 Å². The van der Waals surface area contributed by atoms with E-state index in [4.69, 9.17) is 0 Å². The standard InChI is InChI=1S/C13H24/c1-5-7-9-13(8-6-2)11-10-12(3)4/h5,7,10,13H,6,8-9,11H2,1-4H3. The third-order valence-electron chi connectivity index (χ3n) is 2.26. The molecule has 0 fully saturated rings. The van der Waals surface area contributed by atoms with E-state index in [0.29, 0.717) is 0 Å². The molecular formula is C13H24. The lowest BCUT2D eigenvalue weighted by atomic mass is 9.95. The predicted octanol–water partition coefficient (Wildman–Crippen LogP) is 4.73. The van der Waals surface area contributed by atoms with Gasteiger partial charge in [0.15, 0.2) is 0 Å². The van der Waals surface area contributed by atoms with Crippen molar-refractivity contribution >= 4 is 0 Å². The van der Waals surface area contributed by atoms with Crippen LogP contribution in [0.5, 0.6) is 0 Å². The van der Waals surface area contributed by atoms with Crippen molar-refractivity contribution in [1.29, 1.82) is 0 Å². The third kappa shape index (κ3) is 7.83. The van der Waals surface area contributed by atoms with E-state index < -0.39 is 0 Å². The first-order valence-electron chi connectivity index (χ1n) is 5.45. The fourth-order valence-corrected chi connectivity index (χ4v) is 1.47. The van der Waals surface area contributed by atoms with Gasteiger partial charge < -0.3 is 0 Å². The molecule has 0 spiro atoms. The second-order valence-corrected chi connectivity index (χ2v) is 3.98. The minimum absolute atomic E-state index is 0.857. The Kier molecular flexibility index (Phi) is 7.77. The minimum atomic E-state index is 0.857. The van der Waals surface area contributed by atoms with Crippen LogP contribution < -0.4 is 0 Å². The Bertz CT molecular complexity index is 159. The summed E-state index contributed by atoms with van der Waals surface area (Å²) in [6.45, 7) is 8.73. The minimum Gasteiger partial charge on any atom is -0.0917 e. The Morgan fingerprint density at radius 2 is 1.92 bits per heavy atom. The molecule has 0 aromatic carbocycles. The van der Waals surface area contributed by atoms with Gasteiger partial charge in [-0.2, -0.15) is 0 Å². The lowest BCUT2D eigenvalue weighted by Crippen LogP contribution is -1.96. The molecule has 0 nitrogen and oxygen atoms in total. The number of rotatable bonds is 6. The molecule has 0 bridgehead atoms. The summed E-state index contributed by atoms with van der Waals surface area (Å²) >= 11 is 0. The van der Waals surface area contributed by atoms with Crippen LogP contribution in [0.1, 0.15) is 53.4 Å². The average molecular weight is 180 g/mol. The highest BCUT2D eigenvalue weighted by atomic mass is 14.1. The van der Waals surface area contributed by atoms with Crippen molar-refractivity contribution in [3.8, 4) is 0 Å². The van der Waals surface area contributed by atoms with Crippen molar-refractivity contribution in [2.75, 3.05) is 0 Å². The van der Waals surface area contributed by atoms with Crippen molar-refractivity contribution in [2.24, 2.45) is 5.92 Å². The fourth-order valence-electron chi connectivity index (χ4n) is 1.47. The fraction of sp³-hybridized carbons (Fsp3) is 0.692. The Morgan fingerprint density at radius 3 is 2.38 bits per heavy atom. The first kappa shape index (κ1) is 12.5. The van der Waals surface area contributed by atoms with Crippen LogP contribution in [0.15, 0.2) is 23.8 Å². The Labute approximate surface area is 83.7 Å². The maximum atomic E-state index is 2.36. The van der Waals surface area contributed by atoms with Gasteiger partial charge in [0, 0.05) is 0 Å². The summed E-state index contributed by atoms with van der Waals surface area (Å²) in [5.41, 5.74) is 1.45. The smallest absolute Gasteiger partial charge is 0.0317 e. The van der Waals surface area contributed by atoms with Crippen LogP contribution in [-0.2, 0) is 0 Å². The van der Waals surface area contributed by atoms with Crippen LogP contribution >= 0.6 is 0 Å². The lowest BCUT2D eigenvalue weighted by molar-refractivity contribution is 0.490. The summed E-state index contributed by atoms with van der Waals surface area (Å²) < 4.78 is 0. The monoisotopic (exact) mass is 180 g/mol. The van der Waals surface area contributed by atoms with Gasteiger partial charge in [-0.1, -0.05) is 43.6 Å². The molecule has 76 valence electrons. The predicted molar refractivity (Wildman–Crippen MR) is 61.9 cm³/mol. The van der Waals surface area contributed by atoms with Crippen molar-refractivity contribution in [3.63, 3.8) is 0 Å². The molecule has 0 rings (SSSR count). The quantitative estimate of drug-likeness (QED) is 0.519. The molecule has 0 heterocycles. The van der Waals surface area contributed by atoms with E-state index in [1.54, 1.807) is 0 Å². The van der Waals surface area contributed by atoms with Gasteiger partial charge in [-0.3, -0.25) is 0 Å². The van der Waals surface area contributed by atoms with E-state index in [2.05, 4.69) is 45.9 Å². The Balaban J connectivity index is 3.86. The molecule has 0 aliphatic heterocycles. The number of allylic oxidation sites excluding steroid dienone is 4. The van der Waals surface area contributed by atoms with Crippen LogP contribution in [0, 0.1) is 5.92 Å². The van der Waals surface area contributed by atoms with E-state index in [1.165, 1.54) is 31.3 Å². The zero-order valence-electron chi connectivity index (χ0n) is 9.64. The van der Waals surface area contributed by atoms with Crippen LogP contribution in [0.3, 0.4) is 0 Å². The van der Waals surface area contributed by atoms with Crippen molar-refractivity contribution in [1.82, 2.24) is 0 Å². The first-order chi connectivity index (χ1) is 6.20. The van der Waals surface area contributed by atoms with E-state index in [1.807, 2.05) is 0 Å². The highest BCUT2D eigenvalue weighted by molar-refractivity contribution is 4.95. The first-order valence-corrected chi connectivity index (χ1v) is 5.45. The molecule has 0 radical (unpaired) electrons. The molecule has 0 N–H and O–H groups in total. The topological polar surface area (TPSA) is 0 Å². The van der Waals surface area contributed by atoms with Crippen molar-refractivity contribution in [3.05, 3.63) is 23.8 Å². The molecule has 0 aliphatic carbocycles. The largest absolute Gasteiger partial charge is 0.0917 e. The van der Waals surface area contributed by atoms with E-state index >= 15 is 0 Å². The third-order valence-corrected chi connectivity index (χ3v) is 2.26. The van der Waals surface area contributed by atoms with Crippen LogP contribution in [0.25, 0.3) is 0 Å². The molecule has 1 atom stereocenters.